The Labute approximate surface area is 194 Å². The molecule has 2 aliphatic rings. The van der Waals surface area contributed by atoms with Gasteiger partial charge in [0.2, 0.25) is 5.91 Å². The molecule has 0 unspecified atom stereocenters. The van der Waals surface area contributed by atoms with E-state index in [4.69, 9.17) is 0 Å². The number of carboxylic acid groups (broad SMARTS) is 1. The molecule has 1 fully saturated rings. The zero-order valence-electron chi connectivity index (χ0n) is 18.5. The van der Waals surface area contributed by atoms with Gasteiger partial charge in [0.1, 0.15) is 0 Å². The smallest absolute Gasteiger partial charge is 0.435 e. The molecule has 1 saturated carbocycles. The standard InChI is InChI=1S/C23H28F3N3O3S/c1-2-22(21(31)32)8-5-15(6-9-22)12-19(30)28-10-7-17-18(14-28)29(13-16-4-3-11-33-16)27-20(17)23(24,25)26/h3-4,11,15H,2,5-10,12-14H2,1H3,(H,31,32). The maximum absolute atomic E-state index is 13.6. The average molecular weight is 484 g/mol. The van der Waals surface area contributed by atoms with E-state index in [0.717, 1.165) is 4.88 Å². The number of carbonyl (C=O) groups excluding carboxylic acids is 1. The molecule has 0 spiro atoms. The SMILES string of the molecule is CCC1(C(=O)O)CCC(CC(=O)N2CCc3c(C(F)(F)F)nn(Cc4cccs4)c3C2)CC1. The van der Waals surface area contributed by atoms with Gasteiger partial charge in [-0.3, -0.25) is 14.3 Å². The van der Waals surface area contributed by atoms with Gasteiger partial charge in [0.05, 0.1) is 24.2 Å². The maximum Gasteiger partial charge on any atom is 0.435 e. The van der Waals surface area contributed by atoms with Gasteiger partial charge in [0.25, 0.3) is 0 Å². The fourth-order valence-corrected chi connectivity index (χ4v) is 5.82. The summed E-state index contributed by atoms with van der Waals surface area (Å²) in [7, 11) is 0. The first-order valence-corrected chi connectivity index (χ1v) is 12.2. The number of hydrogen-bond donors (Lipinski definition) is 1. The van der Waals surface area contributed by atoms with Gasteiger partial charge < -0.3 is 10.0 Å². The number of nitrogens with zero attached hydrogens (tertiary/aromatic N) is 3. The lowest BCUT2D eigenvalue weighted by Crippen LogP contribution is -2.39. The molecule has 2 aromatic rings. The van der Waals surface area contributed by atoms with Crippen LogP contribution in [0.5, 0.6) is 0 Å². The van der Waals surface area contributed by atoms with Crippen molar-refractivity contribution in [3.8, 4) is 0 Å². The number of rotatable bonds is 6. The average Bonchev–Trinajstić information content (AvgIpc) is 3.42. The molecule has 4 rings (SSSR count). The van der Waals surface area contributed by atoms with Crippen LogP contribution >= 0.6 is 11.3 Å². The molecule has 1 aliphatic carbocycles. The van der Waals surface area contributed by atoms with Gasteiger partial charge in [-0.05, 0) is 55.9 Å². The molecule has 1 amide bonds. The Kier molecular flexibility index (Phi) is 6.57. The number of aliphatic carboxylic acids is 1. The molecular formula is C23H28F3N3O3S. The zero-order valence-corrected chi connectivity index (χ0v) is 19.3. The van der Waals surface area contributed by atoms with Gasteiger partial charge >= 0.3 is 12.1 Å². The topological polar surface area (TPSA) is 75.4 Å². The molecule has 33 heavy (non-hydrogen) atoms. The van der Waals surface area contributed by atoms with Gasteiger partial charge in [-0.1, -0.05) is 13.0 Å². The molecule has 0 radical (unpaired) electrons. The molecule has 10 heteroatoms. The summed E-state index contributed by atoms with van der Waals surface area (Å²) in [5, 5.41) is 15.3. The molecule has 6 nitrogen and oxygen atoms in total. The van der Waals surface area contributed by atoms with Crippen molar-refractivity contribution in [3.05, 3.63) is 39.3 Å². The van der Waals surface area contributed by atoms with Gasteiger partial charge in [0, 0.05) is 23.4 Å². The Morgan fingerprint density at radius 3 is 2.61 bits per heavy atom. The second-order valence-corrected chi connectivity index (χ2v) is 10.2. The van der Waals surface area contributed by atoms with Crippen LogP contribution in [0.3, 0.4) is 0 Å². The highest BCUT2D eigenvalue weighted by Crippen LogP contribution is 2.43. The Bertz CT molecular complexity index is 1010. The third-order valence-electron chi connectivity index (χ3n) is 7.30. The Morgan fingerprint density at radius 2 is 2.03 bits per heavy atom. The summed E-state index contributed by atoms with van der Waals surface area (Å²) in [6.45, 7) is 2.48. The Morgan fingerprint density at radius 1 is 1.30 bits per heavy atom. The molecule has 2 aromatic heterocycles. The molecule has 0 saturated heterocycles. The van der Waals surface area contributed by atoms with Gasteiger partial charge in [-0.2, -0.15) is 18.3 Å². The predicted octanol–water partition coefficient (Wildman–Crippen LogP) is 4.96. The molecule has 0 atom stereocenters. The van der Waals surface area contributed by atoms with Crippen molar-refractivity contribution in [2.45, 2.75) is 71.1 Å². The molecule has 0 bridgehead atoms. The fraction of sp³-hybridized carbons (Fsp3) is 0.609. The second-order valence-electron chi connectivity index (χ2n) is 9.16. The van der Waals surface area contributed by atoms with Crippen molar-refractivity contribution in [3.63, 3.8) is 0 Å². The monoisotopic (exact) mass is 483 g/mol. The summed E-state index contributed by atoms with van der Waals surface area (Å²) in [6.07, 6.45) is -1.04. The highest BCUT2D eigenvalue weighted by atomic mass is 32.1. The Hall–Kier alpha value is -2.36. The van der Waals surface area contributed by atoms with Crippen LogP contribution < -0.4 is 0 Å². The van der Waals surface area contributed by atoms with E-state index in [1.807, 2.05) is 24.4 Å². The third kappa shape index (κ3) is 4.81. The molecule has 1 aliphatic heterocycles. The minimum atomic E-state index is -4.53. The number of thiophene rings is 1. The van der Waals surface area contributed by atoms with Crippen LogP contribution in [0.4, 0.5) is 13.2 Å². The summed E-state index contributed by atoms with van der Waals surface area (Å²) >= 11 is 1.45. The van der Waals surface area contributed by atoms with Crippen LogP contribution in [-0.4, -0.2) is 38.2 Å². The number of carboxylic acids is 1. The number of aromatic nitrogens is 2. The van der Waals surface area contributed by atoms with Crippen LogP contribution in [-0.2, 0) is 35.3 Å². The van der Waals surface area contributed by atoms with E-state index < -0.39 is 23.3 Å². The van der Waals surface area contributed by atoms with Crippen LogP contribution in [0.2, 0.25) is 0 Å². The molecule has 180 valence electrons. The number of hydrogen-bond acceptors (Lipinski definition) is 4. The highest BCUT2D eigenvalue weighted by molar-refractivity contribution is 7.09. The summed E-state index contributed by atoms with van der Waals surface area (Å²) in [4.78, 5) is 27.2. The zero-order chi connectivity index (χ0) is 23.8. The lowest BCUT2D eigenvalue weighted by molar-refractivity contribution is -0.152. The van der Waals surface area contributed by atoms with E-state index in [-0.39, 0.29) is 43.4 Å². The van der Waals surface area contributed by atoms with Crippen molar-refractivity contribution < 1.29 is 27.9 Å². The number of fused-ring (bicyclic) bond motifs is 1. The molecule has 0 aromatic carbocycles. The van der Waals surface area contributed by atoms with Crippen LogP contribution in [0.25, 0.3) is 0 Å². The van der Waals surface area contributed by atoms with Crippen LogP contribution in [0, 0.1) is 11.3 Å². The predicted molar refractivity (Wildman–Crippen MR) is 117 cm³/mol. The van der Waals surface area contributed by atoms with Crippen molar-refractivity contribution in [2.75, 3.05) is 6.54 Å². The summed E-state index contributed by atoms with van der Waals surface area (Å²) in [5.41, 5.74) is -0.898. The first kappa shape index (κ1) is 23.8. The van der Waals surface area contributed by atoms with Crippen LogP contribution in [0.1, 0.15) is 67.3 Å². The first-order valence-electron chi connectivity index (χ1n) is 11.3. The van der Waals surface area contributed by atoms with E-state index in [2.05, 4.69) is 5.10 Å². The number of amides is 1. The van der Waals surface area contributed by atoms with Crippen LogP contribution in [0.15, 0.2) is 17.5 Å². The highest BCUT2D eigenvalue weighted by Gasteiger charge is 2.42. The number of alkyl halides is 3. The third-order valence-corrected chi connectivity index (χ3v) is 8.16. The van der Waals surface area contributed by atoms with Gasteiger partial charge in [0.15, 0.2) is 5.69 Å². The van der Waals surface area contributed by atoms with Crippen molar-refractivity contribution in [1.82, 2.24) is 14.7 Å². The fourth-order valence-electron chi connectivity index (χ4n) is 5.13. The summed E-state index contributed by atoms with van der Waals surface area (Å²) < 4.78 is 42.2. The molecule has 1 N–H and O–H groups in total. The lowest BCUT2D eigenvalue weighted by Gasteiger charge is -2.37. The minimum absolute atomic E-state index is 0.0811. The maximum atomic E-state index is 13.6. The summed E-state index contributed by atoms with van der Waals surface area (Å²) in [6, 6.07) is 3.70. The normalized spacial score (nSPS) is 23.4. The first-order chi connectivity index (χ1) is 15.6. The summed E-state index contributed by atoms with van der Waals surface area (Å²) in [5.74, 6) is -0.736. The minimum Gasteiger partial charge on any atom is -0.481 e. The van der Waals surface area contributed by atoms with Crippen molar-refractivity contribution >= 4 is 23.2 Å². The number of halogens is 3. The lowest BCUT2D eigenvalue weighted by atomic mass is 9.68. The van der Waals surface area contributed by atoms with E-state index in [1.54, 1.807) is 4.90 Å². The second kappa shape index (κ2) is 9.12. The van der Waals surface area contributed by atoms with E-state index in [1.165, 1.54) is 16.0 Å². The quantitative estimate of drug-likeness (QED) is 0.630. The Balaban J connectivity index is 1.46. The number of carbonyl (C=O) groups is 2. The van der Waals surface area contributed by atoms with Crippen molar-refractivity contribution in [1.29, 1.82) is 0 Å². The molecule has 3 heterocycles. The van der Waals surface area contributed by atoms with Crippen molar-refractivity contribution in [2.24, 2.45) is 11.3 Å². The van der Waals surface area contributed by atoms with E-state index in [9.17, 15) is 27.9 Å². The van der Waals surface area contributed by atoms with E-state index in [0.29, 0.717) is 44.2 Å². The van der Waals surface area contributed by atoms with Gasteiger partial charge in [-0.25, -0.2) is 0 Å². The van der Waals surface area contributed by atoms with Gasteiger partial charge in [-0.15, -0.1) is 11.3 Å². The largest absolute Gasteiger partial charge is 0.481 e. The molecular weight excluding hydrogens is 455 g/mol. The van der Waals surface area contributed by atoms with E-state index >= 15 is 0 Å².